The average Bonchev–Trinajstić information content (AvgIpc) is 2.93. The van der Waals surface area contributed by atoms with Crippen LogP contribution in [0, 0.1) is 13.8 Å². The lowest BCUT2D eigenvalue weighted by atomic mass is 9.98. The fourth-order valence-electron chi connectivity index (χ4n) is 5.23. The molecule has 0 radical (unpaired) electrons. The molecule has 8 heteroatoms. The van der Waals surface area contributed by atoms with Crippen LogP contribution in [0.15, 0.2) is 69.9 Å². The quantitative estimate of drug-likeness (QED) is 0.332. The normalized spacial score (nSPS) is 14.9. The highest BCUT2D eigenvalue weighted by molar-refractivity contribution is 5.94. The minimum atomic E-state index is -1.02. The topological polar surface area (TPSA) is 103 Å². The minimum absolute atomic E-state index is 0.0978. The Balaban J connectivity index is 1.49. The number of carbonyl (C=O) groups is 2. The summed E-state index contributed by atoms with van der Waals surface area (Å²) in [5, 5.41) is 13.4. The van der Waals surface area contributed by atoms with E-state index < -0.39 is 5.97 Å². The summed E-state index contributed by atoms with van der Waals surface area (Å²) >= 11 is 0. The second-order valence-electron chi connectivity index (χ2n) is 10.6. The number of amides is 1. The molecule has 5 rings (SSSR count). The van der Waals surface area contributed by atoms with Gasteiger partial charge in [0.1, 0.15) is 11.3 Å². The van der Waals surface area contributed by atoms with Gasteiger partial charge < -0.3 is 19.7 Å². The molecule has 1 fully saturated rings. The molecule has 0 bridgehead atoms. The van der Waals surface area contributed by atoms with Gasteiger partial charge in [-0.25, -0.2) is 4.79 Å². The summed E-state index contributed by atoms with van der Waals surface area (Å²) in [4.78, 5) is 41.2. The number of hydrogen-bond donors (Lipinski definition) is 2. The van der Waals surface area contributed by atoms with Gasteiger partial charge in [0.25, 0.3) is 0 Å². The van der Waals surface area contributed by atoms with Crippen molar-refractivity contribution < 1.29 is 19.1 Å². The number of piperazine rings is 1. The molecule has 206 valence electrons. The Morgan fingerprint density at radius 1 is 1.05 bits per heavy atom. The zero-order valence-electron chi connectivity index (χ0n) is 23.2. The van der Waals surface area contributed by atoms with E-state index in [0.29, 0.717) is 41.1 Å². The zero-order chi connectivity index (χ0) is 28.6. The van der Waals surface area contributed by atoms with Crippen molar-refractivity contribution in [2.24, 2.45) is 0 Å². The monoisotopic (exact) mass is 539 g/mol. The zero-order valence-corrected chi connectivity index (χ0v) is 23.2. The lowest BCUT2D eigenvalue weighted by molar-refractivity contribution is -0.134. The van der Waals surface area contributed by atoms with E-state index in [1.54, 1.807) is 36.1 Å². The van der Waals surface area contributed by atoms with Crippen molar-refractivity contribution in [1.82, 2.24) is 9.80 Å². The first kappa shape index (κ1) is 27.1. The van der Waals surface area contributed by atoms with Crippen LogP contribution in [0.2, 0.25) is 0 Å². The molecule has 0 saturated carbocycles. The highest BCUT2D eigenvalue weighted by Gasteiger charge is 2.22. The molecule has 0 unspecified atom stereocenters. The molecule has 4 aromatic rings. The van der Waals surface area contributed by atoms with Crippen LogP contribution in [0.3, 0.4) is 0 Å². The summed E-state index contributed by atoms with van der Waals surface area (Å²) in [6.45, 7) is 8.24. The highest BCUT2D eigenvalue weighted by Crippen LogP contribution is 2.33. The van der Waals surface area contributed by atoms with Crippen LogP contribution >= 0.6 is 0 Å². The van der Waals surface area contributed by atoms with Crippen molar-refractivity contribution >= 4 is 28.5 Å². The molecule has 1 aliphatic rings. The molecule has 40 heavy (non-hydrogen) atoms. The van der Waals surface area contributed by atoms with Crippen molar-refractivity contribution in [1.29, 1.82) is 0 Å². The van der Waals surface area contributed by atoms with Crippen molar-refractivity contribution in [2.45, 2.75) is 33.4 Å². The van der Waals surface area contributed by atoms with Gasteiger partial charge in [-0.3, -0.25) is 14.5 Å². The number of carboxylic acid groups (broad SMARTS) is 1. The molecule has 0 spiro atoms. The number of carbonyl (C=O) groups excluding carboxylic acids is 1. The summed E-state index contributed by atoms with van der Waals surface area (Å²) in [6, 6.07) is 18.1. The van der Waals surface area contributed by atoms with Gasteiger partial charge in [-0.05, 0) is 50.1 Å². The summed E-state index contributed by atoms with van der Waals surface area (Å²) in [5.41, 5.74) is 5.11. The maximum Gasteiger partial charge on any atom is 0.337 e. The van der Waals surface area contributed by atoms with E-state index in [2.05, 4.69) is 10.2 Å². The summed E-state index contributed by atoms with van der Waals surface area (Å²) in [7, 11) is 1.83. The van der Waals surface area contributed by atoms with Crippen LogP contribution < -0.4 is 10.7 Å². The van der Waals surface area contributed by atoms with Crippen molar-refractivity contribution in [2.75, 3.05) is 32.0 Å². The minimum Gasteiger partial charge on any atom is -0.478 e. The summed E-state index contributed by atoms with van der Waals surface area (Å²) < 4.78 is 6.48. The number of nitrogens with zero attached hydrogens (tertiary/aromatic N) is 2. The Hall–Kier alpha value is -4.43. The van der Waals surface area contributed by atoms with E-state index in [0.717, 1.165) is 35.3 Å². The van der Waals surface area contributed by atoms with Crippen LogP contribution in [-0.4, -0.2) is 53.5 Å². The highest BCUT2D eigenvalue weighted by atomic mass is 16.4. The number of benzene rings is 3. The first-order chi connectivity index (χ1) is 19.1. The average molecular weight is 540 g/mol. The first-order valence-electron chi connectivity index (χ1n) is 13.3. The van der Waals surface area contributed by atoms with Gasteiger partial charge in [-0.2, -0.15) is 0 Å². The van der Waals surface area contributed by atoms with E-state index in [1.165, 1.54) is 0 Å². The second-order valence-corrected chi connectivity index (χ2v) is 10.6. The van der Waals surface area contributed by atoms with E-state index in [-0.39, 0.29) is 22.9 Å². The number of hydrogen-bond acceptors (Lipinski definition) is 6. The van der Waals surface area contributed by atoms with E-state index in [1.807, 2.05) is 57.3 Å². The van der Waals surface area contributed by atoms with E-state index in [4.69, 9.17) is 4.42 Å². The van der Waals surface area contributed by atoms with Crippen molar-refractivity contribution in [3.8, 4) is 11.3 Å². The number of rotatable bonds is 7. The second kappa shape index (κ2) is 11.0. The van der Waals surface area contributed by atoms with E-state index in [9.17, 15) is 19.5 Å². The molecule has 2 N–H and O–H groups in total. The lowest BCUT2D eigenvalue weighted by Crippen LogP contribution is -2.47. The number of anilines is 1. The number of carboxylic acids is 1. The number of likely N-dealkylation sites (N-methyl/N-ethyl adjacent to an activating group) is 1. The summed E-state index contributed by atoms with van der Waals surface area (Å²) in [6.07, 6.45) is 0. The van der Waals surface area contributed by atoms with Crippen LogP contribution in [0.4, 0.5) is 5.69 Å². The molecular formula is C32H33N3O5. The molecule has 1 atom stereocenters. The third-order valence-corrected chi connectivity index (χ3v) is 7.55. The standard InChI is InChI=1S/C32H33N3O5/c1-19-15-25(21(3)33-27-8-6-5-7-24(27)32(38)39)31-26(16-19)29(37)20(2)30(40-31)23-11-9-22(10-12-23)17-35-14-13-34(4)28(36)18-35/h5-12,15-16,21,33H,13-14,17-18H2,1-4H3,(H,38,39)/t21-/m1/s1. The molecule has 2 heterocycles. The molecule has 1 aliphatic heterocycles. The SMILES string of the molecule is Cc1cc([C@@H](C)Nc2ccccc2C(=O)O)c2oc(-c3ccc(CN4CCN(C)C(=O)C4)cc3)c(C)c(=O)c2c1. The molecule has 3 aromatic carbocycles. The number of para-hydroxylation sites is 1. The molecular weight excluding hydrogens is 506 g/mol. The molecule has 1 aromatic heterocycles. The van der Waals surface area contributed by atoms with Gasteiger partial charge in [0.15, 0.2) is 5.43 Å². The van der Waals surface area contributed by atoms with Crippen LogP contribution in [0.25, 0.3) is 22.3 Å². The van der Waals surface area contributed by atoms with Gasteiger partial charge in [-0.1, -0.05) is 42.5 Å². The van der Waals surface area contributed by atoms with Gasteiger partial charge in [0, 0.05) is 49.1 Å². The largest absolute Gasteiger partial charge is 0.478 e. The van der Waals surface area contributed by atoms with Crippen LogP contribution in [0.5, 0.6) is 0 Å². The van der Waals surface area contributed by atoms with Crippen molar-refractivity contribution in [3.63, 3.8) is 0 Å². The van der Waals surface area contributed by atoms with Gasteiger partial charge in [0.2, 0.25) is 5.91 Å². The molecule has 1 amide bonds. The van der Waals surface area contributed by atoms with Crippen molar-refractivity contribution in [3.05, 3.63) is 98.7 Å². The van der Waals surface area contributed by atoms with Gasteiger partial charge >= 0.3 is 5.97 Å². The van der Waals surface area contributed by atoms with E-state index >= 15 is 0 Å². The number of aryl methyl sites for hydroxylation is 1. The van der Waals surface area contributed by atoms with Crippen LogP contribution in [-0.2, 0) is 11.3 Å². The molecule has 8 nitrogen and oxygen atoms in total. The molecule has 0 aliphatic carbocycles. The maximum atomic E-state index is 13.5. The first-order valence-corrected chi connectivity index (χ1v) is 13.3. The third kappa shape index (κ3) is 5.35. The molecule has 1 saturated heterocycles. The van der Waals surface area contributed by atoms with Crippen LogP contribution in [0.1, 0.15) is 45.6 Å². The Morgan fingerprint density at radius 3 is 2.48 bits per heavy atom. The predicted molar refractivity (Wildman–Crippen MR) is 156 cm³/mol. The Kier molecular flexibility index (Phi) is 7.45. The fraction of sp³-hybridized carbons (Fsp3) is 0.281. The number of nitrogens with one attached hydrogen (secondary N) is 1. The predicted octanol–water partition coefficient (Wildman–Crippen LogP) is 5.22. The smallest absolute Gasteiger partial charge is 0.337 e. The van der Waals surface area contributed by atoms with Gasteiger partial charge in [0.05, 0.1) is 23.5 Å². The number of aromatic carboxylic acids is 1. The lowest BCUT2D eigenvalue weighted by Gasteiger charge is -2.31. The Labute approximate surface area is 232 Å². The number of fused-ring (bicyclic) bond motifs is 1. The maximum absolute atomic E-state index is 13.5. The van der Waals surface area contributed by atoms with Gasteiger partial charge in [-0.15, -0.1) is 0 Å². The Morgan fingerprint density at radius 2 is 1.77 bits per heavy atom. The third-order valence-electron chi connectivity index (χ3n) is 7.55. The Bertz CT molecular complexity index is 1660. The fourth-order valence-corrected chi connectivity index (χ4v) is 5.23. The summed E-state index contributed by atoms with van der Waals surface area (Å²) in [5.74, 6) is -0.392.